The Kier molecular flexibility index (Phi) is 6.15. The van der Waals surface area contributed by atoms with E-state index in [0.717, 1.165) is 5.56 Å². The van der Waals surface area contributed by atoms with Gasteiger partial charge in [-0.2, -0.15) is 0 Å². The molecule has 0 aliphatic carbocycles. The molecule has 0 fully saturated rings. The van der Waals surface area contributed by atoms with Crippen molar-refractivity contribution in [2.45, 2.75) is 20.3 Å². The Bertz CT molecular complexity index is 760. The zero-order valence-electron chi connectivity index (χ0n) is 14.1. The minimum Gasteiger partial charge on any atom is -0.355 e. The second-order valence-corrected chi connectivity index (χ2v) is 6.66. The van der Waals surface area contributed by atoms with Crippen molar-refractivity contribution >= 4 is 29.1 Å². The van der Waals surface area contributed by atoms with Gasteiger partial charge in [-0.1, -0.05) is 23.7 Å². The maximum absolute atomic E-state index is 12.9. The number of anilines is 1. The highest BCUT2D eigenvalue weighted by Gasteiger charge is 2.35. The van der Waals surface area contributed by atoms with Gasteiger partial charge in [0.05, 0.1) is 0 Å². The van der Waals surface area contributed by atoms with E-state index < -0.39 is 17.1 Å². The number of nitrogens with one attached hydrogen (secondary N) is 2. The van der Waals surface area contributed by atoms with Gasteiger partial charge in [-0.05, 0) is 62.2 Å². The van der Waals surface area contributed by atoms with Crippen molar-refractivity contribution in [3.8, 4) is 0 Å². The number of hydrogen-bond acceptors (Lipinski definition) is 2. The van der Waals surface area contributed by atoms with Gasteiger partial charge in [0, 0.05) is 17.3 Å². The van der Waals surface area contributed by atoms with Gasteiger partial charge in [0.2, 0.25) is 11.8 Å². The number of rotatable bonds is 6. The molecular formula is C19H20ClFN2O2. The van der Waals surface area contributed by atoms with Crippen LogP contribution >= 0.6 is 11.6 Å². The molecule has 0 saturated heterocycles. The molecule has 2 rings (SSSR count). The van der Waals surface area contributed by atoms with E-state index in [2.05, 4.69) is 10.6 Å². The van der Waals surface area contributed by atoms with E-state index in [1.807, 2.05) is 18.2 Å². The summed E-state index contributed by atoms with van der Waals surface area (Å²) in [6.45, 7) is 3.48. The van der Waals surface area contributed by atoms with E-state index in [0.29, 0.717) is 23.7 Å². The Morgan fingerprint density at radius 3 is 2.40 bits per heavy atom. The molecule has 0 unspecified atom stereocenters. The van der Waals surface area contributed by atoms with Crippen LogP contribution in [-0.4, -0.2) is 18.4 Å². The molecule has 0 spiro atoms. The molecule has 0 aliphatic heterocycles. The Morgan fingerprint density at radius 1 is 1.08 bits per heavy atom. The van der Waals surface area contributed by atoms with E-state index in [4.69, 9.17) is 11.6 Å². The number of halogens is 2. The molecule has 2 amide bonds. The molecule has 0 heterocycles. The first-order valence-corrected chi connectivity index (χ1v) is 8.26. The van der Waals surface area contributed by atoms with E-state index in [1.54, 1.807) is 19.9 Å². The number of carbonyl (C=O) groups is 2. The van der Waals surface area contributed by atoms with Crippen LogP contribution < -0.4 is 10.6 Å². The lowest BCUT2D eigenvalue weighted by molar-refractivity contribution is -0.138. The maximum Gasteiger partial charge on any atom is 0.239 e. The van der Waals surface area contributed by atoms with Gasteiger partial charge >= 0.3 is 0 Å². The molecule has 2 aromatic carbocycles. The van der Waals surface area contributed by atoms with Crippen molar-refractivity contribution in [3.05, 3.63) is 64.9 Å². The normalized spacial score (nSPS) is 11.0. The fraction of sp³-hybridized carbons (Fsp3) is 0.263. The maximum atomic E-state index is 12.9. The van der Waals surface area contributed by atoms with Crippen molar-refractivity contribution in [3.63, 3.8) is 0 Å². The van der Waals surface area contributed by atoms with Crippen LogP contribution in [0.4, 0.5) is 10.1 Å². The van der Waals surface area contributed by atoms with Crippen LogP contribution in [0, 0.1) is 11.2 Å². The SMILES string of the molecule is CC(C)(C(=O)NCCc1cccc(Cl)c1)C(=O)Nc1ccc(F)cc1. The van der Waals surface area contributed by atoms with E-state index in [9.17, 15) is 14.0 Å². The summed E-state index contributed by atoms with van der Waals surface area (Å²) in [5, 5.41) is 6.03. The van der Waals surface area contributed by atoms with Crippen LogP contribution in [0.3, 0.4) is 0 Å². The Hall–Kier alpha value is -2.40. The van der Waals surface area contributed by atoms with Crippen molar-refractivity contribution in [2.75, 3.05) is 11.9 Å². The summed E-state index contributed by atoms with van der Waals surface area (Å²) in [4.78, 5) is 24.7. The summed E-state index contributed by atoms with van der Waals surface area (Å²) in [6.07, 6.45) is 0.613. The van der Waals surface area contributed by atoms with Crippen LogP contribution in [0.15, 0.2) is 48.5 Å². The number of amides is 2. The summed E-state index contributed by atoms with van der Waals surface area (Å²) in [5.41, 5.74) is 0.176. The van der Waals surface area contributed by atoms with E-state index in [1.165, 1.54) is 24.3 Å². The summed E-state index contributed by atoms with van der Waals surface area (Å²) in [7, 11) is 0. The Balaban J connectivity index is 1.89. The molecule has 0 atom stereocenters. The molecule has 2 aromatic rings. The van der Waals surface area contributed by atoms with Gasteiger partial charge in [0.1, 0.15) is 11.2 Å². The molecular weight excluding hydrogens is 343 g/mol. The largest absolute Gasteiger partial charge is 0.355 e. The molecule has 4 nitrogen and oxygen atoms in total. The zero-order valence-corrected chi connectivity index (χ0v) is 14.9. The molecule has 25 heavy (non-hydrogen) atoms. The van der Waals surface area contributed by atoms with Crippen molar-refractivity contribution < 1.29 is 14.0 Å². The number of hydrogen-bond donors (Lipinski definition) is 2. The fourth-order valence-corrected chi connectivity index (χ4v) is 2.37. The Morgan fingerprint density at radius 2 is 1.76 bits per heavy atom. The highest BCUT2D eigenvalue weighted by Crippen LogP contribution is 2.19. The molecule has 6 heteroatoms. The first kappa shape index (κ1) is 18.9. The first-order chi connectivity index (χ1) is 11.8. The summed E-state index contributed by atoms with van der Waals surface area (Å²) < 4.78 is 12.9. The molecule has 0 aliphatic rings. The van der Waals surface area contributed by atoms with E-state index >= 15 is 0 Å². The van der Waals surface area contributed by atoms with Gasteiger partial charge in [0.25, 0.3) is 0 Å². The monoisotopic (exact) mass is 362 g/mol. The summed E-state index contributed by atoms with van der Waals surface area (Å²) >= 11 is 5.92. The van der Waals surface area contributed by atoms with Crippen LogP contribution in [0.2, 0.25) is 5.02 Å². The van der Waals surface area contributed by atoms with Crippen LogP contribution in [-0.2, 0) is 16.0 Å². The second-order valence-electron chi connectivity index (χ2n) is 6.22. The van der Waals surface area contributed by atoms with Crippen molar-refractivity contribution in [2.24, 2.45) is 5.41 Å². The topological polar surface area (TPSA) is 58.2 Å². The number of carbonyl (C=O) groups excluding carboxylic acids is 2. The molecule has 2 N–H and O–H groups in total. The van der Waals surface area contributed by atoms with Gasteiger partial charge in [-0.3, -0.25) is 9.59 Å². The van der Waals surface area contributed by atoms with Gasteiger partial charge in [0.15, 0.2) is 0 Å². The minimum atomic E-state index is -1.26. The van der Waals surface area contributed by atoms with Crippen LogP contribution in [0.1, 0.15) is 19.4 Å². The predicted molar refractivity (Wildman–Crippen MR) is 97.0 cm³/mol. The average molecular weight is 363 g/mol. The molecule has 0 radical (unpaired) electrons. The fourth-order valence-electron chi connectivity index (χ4n) is 2.16. The van der Waals surface area contributed by atoms with Crippen molar-refractivity contribution in [1.82, 2.24) is 5.32 Å². The number of benzene rings is 2. The quantitative estimate of drug-likeness (QED) is 0.768. The van der Waals surface area contributed by atoms with Crippen molar-refractivity contribution in [1.29, 1.82) is 0 Å². The molecule has 132 valence electrons. The highest BCUT2D eigenvalue weighted by molar-refractivity contribution is 6.30. The second kappa shape index (κ2) is 8.12. The predicted octanol–water partition coefficient (Wildman–Crippen LogP) is 3.80. The first-order valence-electron chi connectivity index (χ1n) is 7.89. The van der Waals surface area contributed by atoms with Gasteiger partial charge in [-0.25, -0.2) is 4.39 Å². The standard InChI is InChI=1S/C19H20ClFN2O2/c1-19(2,18(25)23-16-8-6-15(21)7-9-16)17(24)22-11-10-13-4-3-5-14(20)12-13/h3-9,12H,10-11H2,1-2H3,(H,22,24)(H,23,25). The third-order valence-corrected chi connectivity index (χ3v) is 4.06. The Labute approximate surface area is 151 Å². The lowest BCUT2D eigenvalue weighted by atomic mass is 9.91. The van der Waals surface area contributed by atoms with Crippen LogP contribution in [0.5, 0.6) is 0 Å². The third-order valence-electron chi connectivity index (χ3n) is 3.83. The van der Waals surface area contributed by atoms with E-state index in [-0.39, 0.29) is 5.91 Å². The summed E-state index contributed by atoms with van der Waals surface area (Å²) in [6, 6.07) is 12.8. The summed E-state index contributed by atoms with van der Waals surface area (Å²) in [5.74, 6) is -1.23. The minimum absolute atomic E-state index is 0.380. The zero-order chi connectivity index (χ0) is 18.4. The third kappa shape index (κ3) is 5.29. The highest BCUT2D eigenvalue weighted by atomic mass is 35.5. The van der Waals surface area contributed by atoms with Gasteiger partial charge < -0.3 is 10.6 Å². The van der Waals surface area contributed by atoms with Crippen LogP contribution in [0.25, 0.3) is 0 Å². The lowest BCUT2D eigenvalue weighted by Crippen LogP contribution is -2.45. The molecule has 0 bridgehead atoms. The smallest absolute Gasteiger partial charge is 0.239 e. The average Bonchev–Trinajstić information content (AvgIpc) is 2.56. The lowest BCUT2D eigenvalue weighted by Gasteiger charge is -2.22. The van der Waals surface area contributed by atoms with Gasteiger partial charge in [-0.15, -0.1) is 0 Å². The molecule has 0 aromatic heterocycles. The molecule has 0 saturated carbocycles.